The number of benzene rings is 3. The average Bonchev–Trinajstić information content (AvgIpc) is 2.98. The molecule has 0 radical (unpaired) electrons. The molecule has 3 aromatic carbocycles. The van der Waals surface area contributed by atoms with Crippen molar-refractivity contribution in [1.82, 2.24) is 0 Å². The van der Waals surface area contributed by atoms with E-state index in [1.807, 2.05) is 0 Å². The first-order valence-electron chi connectivity index (χ1n) is 12.9. The van der Waals surface area contributed by atoms with Gasteiger partial charge < -0.3 is 0 Å². The van der Waals surface area contributed by atoms with Crippen LogP contribution in [-0.4, -0.2) is 8.07 Å². The minimum atomic E-state index is -2.64. The Bertz CT molecular complexity index is 1250. The van der Waals surface area contributed by atoms with Crippen molar-refractivity contribution in [2.75, 3.05) is 0 Å². The van der Waals surface area contributed by atoms with Crippen molar-refractivity contribution in [1.29, 1.82) is 0 Å². The molecule has 0 fully saturated rings. The van der Waals surface area contributed by atoms with Crippen LogP contribution in [0.5, 0.6) is 0 Å². The van der Waals surface area contributed by atoms with Gasteiger partial charge in [-0.15, -0.1) is 0 Å². The Morgan fingerprint density at radius 1 is 0.571 bits per heavy atom. The molecular weight excluding hydrogens is 472 g/mol. The summed E-state index contributed by atoms with van der Waals surface area (Å²) in [5, 5.41) is 9.91. The van der Waals surface area contributed by atoms with Crippen LogP contribution < -0.4 is 15.6 Å². The summed E-state index contributed by atoms with van der Waals surface area (Å²) in [6.45, 7) is 19.3. The van der Waals surface area contributed by atoms with E-state index in [4.69, 9.17) is 0 Å². The van der Waals surface area contributed by atoms with E-state index < -0.39 is 25.9 Å². The molecule has 1 unspecified atom stereocenters. The second-order valence-corrected chi connectivity index (χ2v) is 19.0. The summed E-state index contributed by atoms with van der Waals surface area (Å²) in [4.78, 5) is 0. The van der Waals surface area contributed by atoms with Gasteiger partial charge in [-0.1, -0.05) is 0 Å². The molecule has 35 heavy (non-hydrogen) atoms. The van der Waals surface area contributed by atoms with Crippen molar-refractivity contribution in [2.45, 2.75) is 70.9 Å². The van der Waals surface area contributed by atoms with Gasteiger partial charge >= 0.3 is 222 Å². The van der Waals surface area contributed by atoms with E-state index in [1.54, 1.807) is 25.4 Å². The van der Waals surface area contributed by atoms with Gasteiger partial charge in [-0.2, -0.15) is 0 Å². The number of rotatable bonds is 5. The van der Waals surface area contributed by atoms with Crippen molar-refractivity contribution in [2.24, 2.45) is 0 Å². The zero-order chi connectivity index (χ0) is 25.7. The van der Waals surface area contributed by atoms with Crippen LogP contribution in [0.25, 0.3) is 0 Å². The Morgan fingerprint density at radius 2 is 1.00 bits per heavy atom. The molecule has 0 amide bonds. The van der Waals surface area contributed by atoms with E-state index in [2.05, 4.69) is 133 Å². The van der Waals surface area contributed by atoms with Crippen LogP contribution >= 0.6 is 0 Å². The van der Waals surface area contributed by atoms with Crippen LogP contribution in [0.4, 0.5) is 0 Å². The monoisotopic (exact) mass is 513 g/mol. The molecule has 4 rings (SSSR count). The van der Waals surface area contributed by atoms with Crippen LogP contribution in [0, 0.1) is 27.7 Å². The normalized spacial score (nSPS) is 18.5. The third kappa shape index (κ3) is 3.66. The van der Waals surface area contributed by atoms with Gasteiger partial charge in [0.2, 0.25) is 0 Å². The summed E-state index contributed by atoms with van der Waals surface area (Å²) in [6, 6.07) is 25.6. The fourth-order valence-electron chi connectivity index (χ4n) is 7.45. The molecule has 2 heteroatoms. The van der Waals surface area contributed by atoms with Crippen molar-refractivity contribution in [3.8, 4) is 0 Å². The first kappa shape index (κ1) is 26.1. The Kier molecular flexibility index (Phi) is 7.10. The van der Waals surface area contributed by atoms with Gasteiger partial charge in [-0.25, -0.2) is 0 Å². The predicted molar refractivity (Wildman–Crippen MR) is 154 cm³/mol. The molecule has 0 saturated carbocycles. The second kappa shape index (κ2) is 9.51. The summed E-state index contributed by atoms with van der Waals surface area (Å²) >= 11 is -1.47. The first-order valence-corrected chi connectivity index (χ1v) is 18.8. The van der Waals surface area contributed by atoms with E-state index in [1.165, 1.54) is 33.0 Å². The van der Waals surface area contributed by atoms with Crippen LogP contribution in [0.1, 0.15) is 49.9 Å². The molecule has 1 aliphatic carbocycles. The third-order valence-corrected chi connectivity index (χ3v) is 18.6. The van der Waals surface area contributed by atoms with E-state index in [0.29, 0.717) is 0 Å². The van der Waals surface area contributed by atoms with Gasteiger partial charge in [0.05, 0.1) is 0 Å². The molecule has 1 atom stereocenters. The molecule has 0 spiro atoms. The summed E-state index contributed by atoms with van der Waals surface area (Å²) < 4.78 is 1.80. The zero-order valence-corrected chi connectivity index (χ0v) is 25.9. The average molecular weight is 514 g/mol. The molecule has 0 N–H and O–H groups in total. The van der Waals surface area contributed by atoms with Crippen molar-refractivity contribution in [3.63, 3.8) is 0 Å². The van der Waals surface area contributed by atoms with E-state index in [0.717, 1.165) is 0 Å². The molecule has 3 aromatic rings. The predicted octanol–water partition coefficient (Wildman–Crippen LogP) is 7.49. The van der Waals surface area contributed by atoms with Gasteiger partial charge in [0.1, 0.15) is 0 Å². The quantitative estimate of drug-likeness (QED) is 0.245. The Hall–Kier alpha value is -1.93. The van der Waals surface area contributed by atoms with E-state index >= 15 is 0 Å². The third-order valence-electron chi connectivity index (χ3n) is 8.92. The molecule has 0 heterocycles. The maximum atomic E-state index is 2.65. The zero-order valence-electron chi connectivity index (χ0n) is 23.4. The van der Waals surface area contributed by atoms with Gasteiger partial charge in [0.15, 0.2) is 0 Å². The molecule has 0 bridgehead atoms. The van der Waals surface area contributed by atoms with Gasteiger partial charge in [-0.05, 0) is 0 Å². The van der Waals surface area contributed by atoms with Crippen molar-refractivity contribution in [3.05, 3.63) is 110 Å². The Labute approximate surface area is 221 Å². The molecule has 0 aliphatic heterocycles. The summed E-state index contributed by atoms with van der Waals surface area (Å²) in [7, 11) is -2.64. The molecular formula is C33H41SiTi. The number of allylic oxidation sites excluding steroid dienone is 4. The molecule has 0 aromatic heterocycles. The van der Waals surface area contributed by atoms with Gasteiger partial charge in [-0.3, -0.25) is 0 Å². The number of hydrogen-bond acceptors (Lipinski definition) is 0. The first-order chi connectivity index (χ1) is 16.5. The summed E-state index contributed by atoms with van der Waals surface area (Å²) in [5.41, 5.74) is 10.5. The van der Waals surface area contributed by atoms with Crippen molar-refractivity contribution >= 4 is 23.6 Å². The van der Waals surface area contributed by atoms with E-state index in [9.17, 15) is 0 Å². The standard InChI is InChI=1S/C31H35Si.2CH3.Ti/c1-21-14-12-15-22(2)29(21)32(28-18-10-9-11-19-28,30-23(3)16-13-17-24(30)4)31(8)20-25(5)26(6)27(31)7;;;/h9-19H,1-8H3;2*1H3;. The minimum absolute atomic E-state index is 0.00486. The topological polar surface area (TPSA) is 0 Å². The van der Waals surface area contributed by atoms with Gasteiger partial charge in [0.25, 0.3) is 0 Å². The fourth-order valence-corrected chi connectivity index (χ4v) is 19.8. The fraction of sp³-hybridized carbons (Fsp3) is 0.333. The number of hydrogen-bond donors (Lipinski definition) is 0. The Morgan fingerprint density at radius 3 is 1.40 bits per heavy atom. The SMILES string of the molecule is CC1=C(C)C(C)([Si](c2ccccc2)(c2c(C)cccc2C)c2c(C)cccc2C)[C]([Ti]([CH3])[CH3])=C1C. The van der Waals surface area contributed by atoms with Crippen LogP contribution in [0.15, 0.2) is 87.3 Å². The molecule has 0 saturated heterocycles. The Balaban J connectivity index is 2.40. The van der Waals surface area contributed by atoms with Crippen LogP contribution in [-0.2, 0) is 17.9 Å². The molecule has 181 valence electrons. The summed E-state index contributed by atoms with van der Waals surface area (Å²) in [5.74, 6) is 0. The maximum absolute atomic E-state index is 2.65. The van der Waals surface area contributed by atoms with Crippen molar-refractivity contribution < 1.29 is 17.9 Å². The molecule has 0 nitrogen and oxygen atoms in total. The second-order valence-electron chi connectivity index (χ2n) is 11.0. The number of aryl methyl sites for hydroxylation is 4. The van der Waals surface area contributed by atoms with Crippen LogP contribution in [0.2, 0.25) is 15.5 Å². The van der Waals surface area contributed by atoms with Gasteiger partial charge in [0, 0.05) is 0 Å². The van der Waals surface area contributed by atoms with E-state index in [-0.39, 0.29) is 5.04 Å². The molecule has 1 aliphatic rings. The van der Waals surface area contributed by atoms with Crippen LogP contribution in [0.3, 0.4) is 0 Å². The summed E-state index contributed by atoms with van der Waals surface area (Å²) in [6.07, 6.45) is 0.